The molecule has 2 aromatic carbocycles. The third kappa shape index (κ3) is 3.30. The van der Waals surface area contributed by atoms with Gasteiger partial charge in [0, 0.05) is 28.2 Å². The topological polar surface area (TPSA) is 47.6 Å². The normalized spacial score (nSPS) is 15.8. The van der Waals surface area contributed by atoms with E-state index < -0.39 is 0 Å². The molecule has 0 saturated carbocycles. The molecule has 1 N–H and O–H groups in total. The van der Waals surface area contributed by atoms with Crippen LogP contribution in [0, 0.1) is 0 Å². The SMILES string of the molecule is CCOc1ccc(C2CC(=O)Nc3c(-c4ccccc4)csc32)cc1OC. The van der Waals surface area contributed by atoms with Crippen molar-refractivity contribution in [2.75, 3.05) is 19.0 Å². The number of hydrogen-bond acceptors (Lipinski definition) is 4. The van der Waals surface area contributed by atoms with E-state index in [1.165, 1.54) is 4.88 Å². The molecule has 1 aliphatic rings. The first kappa shape index (κ1) is 17.6. The monoisotopic (exact) mass is 379 g/mol. The summed E-state index contributed by atoms with van der Waals surface area (Å²) in [6.45, 7) is 2.53. The summed E-state index contributed by atoms with van der Waals surface area (Å²) in [4.78, 5) is 13.6. The van der Waals surface area contributed by atoms with Gasteiger partial charge in [-0.3, -0.25) is 4.79 Å². The van der Waals surface area contributed by atoms with E-state index in [9.17, 15) is 4.79 Å². The van der Waals surface area contributed by atoms with Crippen molar-refractivity contribution in [1.29, 1.82) is 0 Å². The zero-order valence-electron chi connectivity index (χ0n) is 15.3. The molecule has 5 heteroatoms. The van der Waals surface area contributed by atoms with Crippen LogP contribution in [-0.2, 0) is 4.79 Å². The van der Waals surface area contributed by atoms with E-state index in [4.69, 9.17) is 9.47 Å². The number of benzene rings is 2. The number of anilines is 1. The quantitative estimate of drug-likeness (QED) is 0.655. The van der Waals surface area contributed by atoms with Gasteiger partial charge in [-0.25, -0.2) is 0 Å². The standard InChI is InChI=1S/C22H21NO3S/c1-3-26-18-10-9-15(11-19(18)25-2)16-12-20(24)23-21-17(13-27-22(16)21)14-7-5-4-6-8-14/h4-11,13,16H,3,12H2,1-2H3,(H,23,24). The van der Waals surface area contributed by atoms with Crippen molar-refractivity contribution in [2.45, 2.75) is 19.3 Å². The molecule has 0 saturated heterocycles. The summed E-state index contributed by atoms with van der Waals surface area (Å²) in [7, 11) is 1.64. The maximum absolute atomic E-state index is 12.5. The highest BCUT2D eigenvalue weighted by molar-refractivity contribution is 7.11. The number of thiophene rings is 1. The first-order chi connectivity index (χ1) is 13.2. The van der Waals surface area contributed by atoms with Crippen LogP contribution in [0.15, 0.2) is 53.9 Å². The minimum absolute atomic E-state index is 0.0146. The predicted molar refractivity (Wildman–Crippen MR) is 109 cm³/mol. The number of rotatable bonds is 5. The molecule has 138 valence electrons. The Morgan fingerprint density at radius 1 is 1.15 bits per heavy atom. The number of carbonyl (C=O) groups excluding carboxylic acids is 1. The highest BCUT2D eigenvalue weighted by atomic mass is 32.1. The maximum atomic E-state index is 12.5. The Hall–Kier alpha value is -2.79. The van der Waals surface area contributed by atoms with E-state index in [2.05, 4.69) is 22.8 Å². The van der Waals surface area contributed by atoms with Gasteiger partial charge in [-0.2, -0.15) is 0 Å². The van der Waals surface area contributed by atoms with Crippen LogP contribution in [0.3, 0.4) is 0 Å². The molecule has 4 rings (SSSR count). The van der Waals surface area contributed by atoms with Gasteiger partial charge in [0.05, 0.1) is 19.4 Å². The van der Waals surface area contributed by atoms with Gasteiger partial charge in [0.1, 0.15) is 0 Å². The Bertz CT molecular complexity index is 965. The Morgan fingerprint density at radius 2 is 1.96 bits per heavy atom. The first-order valence-electron chi connectivity index (χ1n) is 8.98. The van der Waals surface area contributed by atoms with Crippen LogP contribution in [0.2, 0.25) is 0 Å². The van der Waals surface area contributed by atoms with Crippen molar-refractivity contribution in [3.8, 4) is 22.6 Å². The molecule has 0 fully saturated rings. The van der Waals surface area contributed by atoms with E-state index in [0.717, 1.165) is 28.1 Å². The lowest BCUT2D eigenvalue weighted by atomic mass is 9.89. The van der Waals surface area contributed by atoms with Crippen LogP contribution >= 0.6 is 11.3 Å². The Balaban J connectivity index is 1.76. The molecule has 0 spiro atoms. The predicted octanol–water partition coefficient (Wildman–Crippen LogP) is 5.30. The number of fused-ring (bicyclic) bond motifs is 1. The average molecular weight is 379 g/mol. The molecule has 4 nitrogen and oxygen atoms in total. The lowest BCUT2D eigenvalue weighted by molar-refractivity contribution is -0.116. The molecule has 2 heterocycles. The summed E-state index contributed by atoms with van der Waals surface area (Å²) in [6.07, 6.45) is 0.429. The van der Waals surface area contributed by atoms with Crippen LogP contribution in [0.5, 0.6) is 11.5 Å². The van der Waals surface area contributed by atoms with E-state index in [-0.39, 0.29) is 11.8 Å². The molecule has 1 atom stereocenters. The van der Waals surface area contributed by atoms with Crippen LogP contribution < -0.4 is 14.8 Å². The van der Waals surface area contributed by atoms with Gasteiger partial charge in [0.2, 0.25) is 5.91 Å². The third-order valence-electron chi connectivity index (χ3n) is 4.76. The van der Waals surface area contributed by atoms with Gasteiger partial charge in [0.15, 0.2) is 11.5 Å². The van der Waals surface area contributed by atoms with Crippen molar-refractivity contribution in [3.05, 3.63) is 64.4 Å². The summed E-state index contributed by atoms with van der Waals surface area (Å²) >= 11 is 1.69. The largest absolute Gasteiger partial charge is 0.493 e. The second-order valence-corrected chi connectivity index (χ2v) is 7.31. The van der Waals surface area contributed by atoms with Gasteiger partial charge < -0.3 is 14.8 Å². The summed E-state index contributed by atoms with van der Waals surface area (Å²) in [5.74, 6) is 1.47. The Labute approximate surface area is 162 Å². The van der Waals surface area contributed by atoms with Gasteiger partial charge in [-0.15, -0.1) is 11.3 Å². The maximum Gasteiger partial charge on any atom is 0.225 e. The van der Waals surface area contributed by atoms with E-state index >= 15 is 0 Å². The molecular formula is C22H21NO3S. The van der Waals surface area contributed by atoms with Crippen molar-refractivity contribution >= 4 is 22.9 Å². The van der Waals surface area contributed by atoms with Gasteiger partial charge in [-0.05, 0) is 30.2 Å². The lowest BCUT2D eigenvalue weighted by Crippen LogP contribution is -2.22. The number of hydrogen-bond donors (Lipinski definition) is 1. The van der Waals surface area contributed by atoms with Crippen molar-refractivity contribution in [3.63, 3.8) is 0 Å². The molecule has 3 aromatic rings. The molecular weight excluding hydrogens is 358 g/mol. The van der Waals surface area contributed by atoms with Gasteiger partial charge >= 0.3 is 0 Å². The number of amides is 1. The molecule has 1 amide bonds. The fraction of sp³-hybridized carbons (Fsp3) is 0.227. The Morgan fingerprint density at radius 3 is 2.70 bits per heavy atom. The minimum Gasteiger partial charge on any atom is -0.493 e. The van der Waals surface area contributed by atoms with E-state index in [1.807, 2.05) is 43.3 Å². The van der Waals surface area contributed by atoms with Crippen LogP contribution in [-0.4, -0.2) is 19.6 Å². The summed E-state index contributed by atoms with van der Waals surface area (Å²) in [5.41, 5.74) is 4.18. The third-order valence-corrected chi connectivity index (χ3v) is 5.86. The zero-order chi connectivity index (χ0) is 18.8. The molecule has 27 heavy (non-hydrogen) atoms. The fourth-order valence-corrected chi connectivity index (χ4v) is 4.66. The molecule has 0 aliphatic carbocycles. The zero-order valence-corrected chi connectivity index (χ0v) is 16.1. The molecule has 1 aliphatic heterocycles. The van der Waals surface area contributed by atoms with Crippen LogP contribution in [0.25, 0.3) is 11.1 Å². The molecule has 0 radical (unpaired) electrons. The van der Waals surface area contributed by atoms with Gasteiger partial charge in [-0.1, -0.05) is 36.4 Å². The van der Waals surface area contributed by atoms with E-state index in [1.54, 1.807) is 18.4 Å². The van der Waals surface area contributed by atoms with Crippen molar-refractivity contribution in [1.82, 2.24) is 0 Å². The lowest BCUT2D eigenvalue weighted by Gasteiger charge is -2.24. The van der Waals surface area contributed by atoms with Crippen molar-refractivity contribution < 1.29 is 14.3 Å². The summed E-state index contributed by atoms with van der Waals surface area (Å²) in [6, 6.07) is 16.1. The fourth-order valence-electron chi connectivity index (χ4n) is 3.50. The number of carbonyl (C=O) groups is 1. The molecule has 1 aromatic heterocycles. The first-order valence-corrected chi connectivity index (χ1v) is 9.86. The second kappa shape index (κ2) is 7.45. The van der Waals surface area contributed by atoms with Crippen molar-refractivity contribution in [2.24, 2.45) is 0 Å². The smallest absolute Gasteiger partial charge is 0.225 e. The van der Waals surface area contributed by atoms with Crippen LogP contribution in [0.4, 0.5) is 5.69 Å². The average Bonchev–Trinajstić information content (AvgIpc) is 3.12. The molecule has 1 unspecified atom stereocenters. The molecule has 0 bridgehead atoms. The van der Waals surface area contributed by atoms with Gasteiger partial charge in [0.25, 0.3) is 0 Å². The minimum atomic E-state index is 0.0146. The highest BCUT2D eigenvalue weighted by Gasteiger charge is 2.31. The number of ether oxygens (including phenoxy) is 2. The van der Waals surface area contributed by atoms with E-state index in [0.29, 0.717) is 18.8 Å². The highest BCUT2D eigenvalue weighted by Crippen LogP contribution is 2.47. The number of methoxy groups -OCH3 is 1. The second-order valence-electron chi connectivity index (χ2n) is 6.40. The number of nitrogens with one attached hydrogen (secondary N) is 1. The Kier molecular flexibility index (Phi) is 4.86. The van der Waals surface area contributed by atoms with Crippen LogP contribution in [0.1, 0.15) is 29.7 Å². The summed E-state index contributed by atoms with van der Waals surface area (Å²) < 4.78 is 11.1. The summed E-state index contributed by atoms with van der Waals surface area (Å²) in [5, 5.41) is 5.21.